The van der Waals surface area contributed by atoms with E-state index in [1.54, 1.807) is 7.11 Å². The SMILES string of the molecule is [CH]CNCCCOC. The van der Waals surface area contributed by atoms with Gasteiger partial charge >= 0.3 is 0 Å². The Hall–Kier alpha value is -0.0800. The van der Waals surface area contributed by atoms with E-state index < -0.39 is 0 Å². The Kier molecular flexibility index (Phi) is 6.85. The van der Waals surface area contributed by atoms with Gasteiger partial charge in [-0.25, -0.2) is 0 Å². The van der Waals surface area contributed by atoms with Gasteiger partial charge in [0.15, 0.2) is 0 Å². The van der Waals surface area contributed by atoms with Crippen LogP contribution in [-0.2, 0) is 4.74 Å². The summed E-state index contributed by atoms with van der Waals surface area (Å²) >= 11 is 0. The zero-order chi connectivity index (χ0) is 6.24. The first-order valence-corrected chi connectivity index (χ1v) is 2.81. The molecule has 0 aromatic carbocycles. The fourth-order valence-electron chi connectivity index (χ4n) is 0.444. The molecule has 0 saturated heterocycles. The molecule has 0 aromatic rings. The van der Waals surface area contributed by atoms with Crippen LogP contribution in [0.3, 0.4) is 0 Å². The van der Waals surface area contributed by atoms with Crippen LogP contribution >= 0.6 is 0 Å². The monoisotopic (exact) mass is 115 g/mol. The van der Waals surface area contributed by atoms with Gasteiger partial charge in [-0.15, -0.1) is 0 Å². The number of hydrogen-bond donors (Lipinski definition) is 1. The van der Waals surface area contributed by atoms with E-state index in [9.17, 15) is 0 Å². The molecule has 0 atom stereocenters. The molecule has 0 aliphatic rings. The molecule has 0 amide bonds. The van der Waals surface area contributed by atoms with E-state index in [4.69, 9.17) is 11.7 Å². The summed E-state index contributed by atoms with van der Waals surface area (Å²) in [6.45, 7) is 7.48. The zero-order valence-corrected chi connectivity index (χ0v) is 5.31. The second kappa shape index (κ2) is 6.92. The summed E-state index contributed by atoms with van der Waals surface area (Å²) < 4.78 is 4.81. The van der Waals surface area contributed by atoms with Crippen molar-refractivity contribution in [3.05, 3.63) is 6.92 Å². The van der Waals surface area contributed by atoms with Crippen molar-refractivity contribution >= 4 is 0 Å². The number of nitrogens with one attached hydrogen (secondary N) is 1. The molecule has 0 saturated carbocycles. The van der Waals surface area contributed by atoms with Crippen LogP contribution in [0.1, 0.15) is 6.42 Å². The van der Waals surface area contributed by atoms with Gasteiger partial charge in [0.25, 0.3) is 0 Å². The van der Waals surface area contributed by atoms with Crippen LogP contribution < -0.4 is 5.32 Å². The Labute approximate surface area is 51.2 Å². The molecule has 8 heavy (non-hydrogen) atoms. The van der Waals surface area contributed by atoms with Crippen molar-refractivity contribution in [2.24, 2.45) is 0 Å². The third-order valence-corrected chi connectivity index (χ3v) is 0.846. The molecular formula is C6H13NO. The summed E-state index contributed by atoms with van der Waals surface area (Å²) in [7, 11) is 1.70. The Morgan fingerprint density at radius 1 is 1.62 bits per heavy atom. The Balaban J connectivity index is 2.53. The topological polar surface area (TPSA) is 21.3 Å². The molecule has 0 heterocycles. The maximum Gasteiger partial charge on any atom is 0.0474 e. The van der Waals surface area contributed by atoms with Crippen molar-refractivity contribution in [2.45, 2.75) is 6.42 Å². The Morgan fingerprint density at radius 2 is 2.38 bits per heavy atom. The van der Waals surface area contributed by atoms with Crippen molar-refractivity contribution in [3.8, 4) is 0 Å². The van der Waals surface area contributed by atoms with E-state index in [-0.39, 0.29) is 0 Å². The lowest BCUT2D eigenvalue weighted by Crippen LogP contribution is -2.15. The molecule has 0 fully saturated rings. The first-order valence-electron chi connectivity index (χ1n) is 2.81. The molecular weight excluding hydrogens is 102 g/mol. The van der Waals surface area contributed by atoms with Crippen LogP contribution in [-0.4, -0.2) is 26.8 Å². The van der Waals surface area contributed by atoms with Gasteiger partial charge in [-0.3, -0.25) is 0 Å². The third-order valence-electron chi connectivity index (χ3n) is 0.846. The molecule has 0 unspecified atom stereocenters. The van der Waals surface area contributed by atoms with Gasteiger partial charge in [-0.1, -0.05) is 0 Å². The molecule has 0 spiro atoms. The minimum absolute atomic E-state index is 0.559. The summed E-state index contributed by atoms with van der Waals surface area (Å²) in [6.07, 6.45) is 1.04. The highest BCUT2D eigenvalue weighted by molar-refractivity contribution is 4.46. The van der Waals surface area contributed by atoms with Gasteiger partial charge in [0.1, 0.15) is 0 Å². The second-order valence-corrected chi connectivity index (χ2v) is 1.55. The van der Waals surface area contributed by atoms with E-state index in [0.717, 1.165) is 19.6 Å². The van der Waals surface area contributed by atoms with Crippen LogP contribution in [0.2, 0.25) is 0 Å². The van der Waals surface area contributed by atoms with E-state index in [2.05, 4.69) is 5.32 Å². The molecule has 0 aromatic heterocycles. The number of methoxy groups -OCH3 is 1. The van der Waals surface area contributed by atoms with Crippen molar-refractivity contribution in [1.82, 2.24) is 5.32 Å². The summed E-state index contributed by atoms with van der Waals surface area (Å²) in [4.78, 5) is 0. The van der Waals surface area contributed by atoms with E-state index in [1.165, 1.54) is 0 Å². The standard InChI is InChI=1S/C6H13NO/c1-3-7-5-4-6-8-2/h1,7H,3-6H2,2H3. The number of rotatable bonds is 5. The lowest BCUT2D eigenvalue weighted by atomic mass is 10.4. The minimum atomic E-state index is 0.559. The highest BCUT2D eigenvalue weighted by Gasteiger charge is 1.81. The van der Waals surface area contributed by atoms with Gasteiger partial charge < -0.3 is 10.1 Å². The number of hydrogen-bond acceptors (Lipinski definition) is 2. The largest absolute Gasteiger partial charge is 0.385 e. The van der Waals surface area contributed by atoms with E-state index >= 15 is 0 Å². The van der Waals surface area contributed by atoms with Crippen molar-refractivity contribution in [3.63, 3.8) is 0 Å². The van der Waals surface area contributed by atoms with Gasteiger partial charge in [-0.05, 0) is 26.4 Å². The minimum Gasteiger partial charge on any atom is -0.385 e. The predicted octanol–water partition coefficient (Wildman–Crippen LogP) is 0.324. The Morgan fingerprint density at radius 3 is 2.88 bits per heavy atom. The maximum absolute atomic E-state index is 5.16. The van der Waals surface area contributed by atoms with E-state index in [0.29, 0.717) is 6.54 Å². The molecule has 0 aliphatic heterocycles. The first-order chi connectivity index (χ1) is 3.91. The smallest absolute Gasteiger partial charge is 0.0474 e. The molecule has 0 rings (SSSR count). The average Bonchev–Trinajstić information content (AvgIpc) is 1.81. The fourth-order valence-corrected chi connectivity index (χ4v) is 0.444. The zero-order valence-electron chi connectivity index (χ0n) is 5.31. The lowest BCUT2D eigenvalue weighted by molar-refractivity contribution is 0.194. The van der Waals surface area contributed by atoms with Crippen LogP contribution in [0.5, 0.6) is 0 Å². The molecule has 0 bridgehead atoms. The Bertz CT molecular complexity index is 33.5. The van der Waals surface area contributed by atoms with Crippen molar-refractivity contribution in [1.29, 1.82) is 0 Å². The van der Waals surface area contributed by atoms with Crippen molar-refractivity contribution in [2.75, 3.05) is 26.8 Å². The molecule has 1 N–H and O–H groups in total. The molecule has 2 radical (unpaired) electrons. The number of ether oxygens (including phenoxy) is 1. The normalized spacial score (nSPS) is 9.75. The maximum atomic E-state index is 5.16. The van der Waals surface area contributed by atoms with Crippen LogP contribution in [0.15, 0.2) is 0 Å². The second-order valence-electron chi connectivity index (χ2n) is 1.55. The van der Waals surface area contributed by atoms with E-state index in [1.807, 2.05) is 0 Å². The van der Waals surface area contributed by atoms with Crippen molar-refractivity contribution < 1.29 is 4.74 Å². The molecule has 2 heteroatoms. The van der Waals surface area contributed by atoms with Gasteiger partial charge in [0.2, 0.25) is 0 Å². The average molecular weight is 115 g/mol. The third kappa shape index (κ3) is 5.92. The van der Waals surface area contributed by atoms with Gasteiger partial charge in [0.05, 0.1) is 0 Å². The lowest BCUT2D eigenvalue weighted by Gasteiger charge is -1.97. The summed E-state index contributed by atoms with van der Waals surface area (Å²) in [5, 5.41) is 2.98. The first kappa shape index (κ1) is 7.92. The van der Waals surface area contributed by atoms with Crippen LogP contribution in [0.4, 0.5) is 0 Å². The summed E-state index contributed by atoms with van der Waals surface area (Å²) in [5.74, 6) is 0. The van der Waals surface area contributed by atoms with Gasteiger partial charge in [-0.2, -0.15) is 0 Å². The van der Waals surface area contributed by atoms with Gasteiger partial charge in [0, 0.05) is 13.7 Å². The quantitative estimate of drug-likeness (QED) is 0.521. The predicted molar refractivity (Wildman–Crippen MR) is 33.7 cm³/mol. The highest BCUT2D eigenvalue weighted by atomic mass is 16.5. The summed E-state index contributed by atoms with van der Waals surface area (Å²) in [6, 6.07) is 0. The molecule has 48 valence electrons. The molecule has 2 nitrogen and oxygen atoms in total. The highest BCUT2D eigenvalue weighted by Crippen LogP contribution is 1.74. The summed E-state index contributed by atoms with van der Waals surface area (Å²) in [5.41, 5.74) is 0. The molecule has 0 aliphatic carbocycles. The van der Waals surface area contributed by atoms with Crippen LogP contribution in [0, 0.1) is 6.92 Å². The van der Waals surface area contributed by atoms with Crippen LogP contribution in [0.25, 0.3) is 0 Å². The fraction of sp³-hybridized carbons (Fsp3) is 0.833.